The lowest BCUT2D eigenvalue weighted by molar-refractivity contribution is 0.856. The van der Waals surface area contributed by atoms with Gasteiger partial charge in [0.1, 0.15) is 0 Å². The Hall–Kier alpha value is -2.54. The normalized spacial score (nSPS) is 10.5. The highest BCUT2D eigenvalue weighted by Crippen LogP contribution is 2.15. The largest absolute Gasteiger partial charge is 0.382 e. The molecule has 0 fully saturated rings. The first kappa shape index (κ1) is 16.8. The maximum Gasteiger partial charge on any atom is 0.347 e. The smallest absolute Gasteiger partial charge is 0.347 e. The van der Waals surface area contributed by atoms with E-state index in [1.807, 2.05) is 19.1 Å². The lowest BCUT2D eigenvalue weighted by Crippen LogP contribution is -2.11. The number of hydrogen-bond donors (Lipinski definition) is 3. The van der Waals surface area contributed by atoms with Crippen LogP contribution in [0.1, 0.15) is 17.5 Å². The van der Waals surface area contributed by atoms with Gasteiger partial charge in [-0.25, -0.2) is 14.3 Å². The van der Waals surface area contributed by atoms with Gasteiger partial charge in [-0.05, 0) is 37.0 Å². The van der Waals surface area contributed by atoms with Crippen LogP contribution in [0.4, 0.5) is 5.69 Å². The van der Waals surface area contributed by atoms with Crippen molar-refractivity contribution in [2.24, 2.45) is 0 Å². The van der Waals surface area contributed by atoms with E-state index in [1.165, 1.54) is 10.5 Å². The summed E-state index contributed by atoms with van der Waals surface area (Å²) < 4.78 is 1.50. The number of nitrogens with zero attached hydrogens (tertiary/aromatic N) is 2. The maximum atomic E-state index is 11.6. The third-order valence-electron chi connectivity index (χ3n) is 3.46. The van der Waals surface area contributed by atoms with Gasteiger partial charge in [-0.15, -0.1) is 12.4 Å². The molecule has 0 saturated carbocycles. The fourth-order valence-electron chi connectivity index (χ4n) is 2.39. The number of H-pyrrole nitrogens is 2. The summed E-state index contributed by atoms with van der Waals surface area (Å²) in [6, 6.07) is 5.33. The molecule has 0 unspecified atom stereocenters. The molecule has 0 atom stereocenters. The van der Waals surface area contributed by atoms with Crippen molar-refractivity contribution in [1.29, 1.82) is 0 Å². The van der Waals surface area contributed by atoms with Gasteiger partial charge in [-0.2, -0.15) is 5.10 Å². The highest BCUT2D eigenvalue weighted by atomic mass is 35.5. The van der Waals surface area contributed by atoms with Crippen LogP contribution < -0.4 is 16.6 Å². The summed E-state index contributed by atoms with van der Waals surface area (Å²) in [5.74, 6) is 0. The van der Waals surface area contributed by atoms with E-state index in [-0.39, 0.29) is 23.7 Å². The van der Waals surface area contributed by atoms with Crippen molar-refractivity contribution in [2.45, 2.75) is 19.8 Å². The molecule has 0 aliphatic heterocycles. The summed E-state index contributed by atoms with van der Waals surface area (Å²) in [4.78, 5) is 25.3. The standard InChI is InChI=1S/C15H17N5O2.ClH/c1-10-7-12(14-18-19-15(22)20(14)9-10)16-6-2-3-11-4-5-13(21)17-8-11;/h4-5,7-9,16H,2-3,6H2,1H3,(H,17,21)(H,19,22);1H. The minimum atomic E-state index is -0.241. The van der Waals surface area contributed by atoms with E-state index < -0.39 is 0 Å². The number of nitrogens with one attached hydrogen (secondary N) is 3. The molecule has 0 saturated heterocycles. The van der Waals surface area contributed by atoms with Crippen LogP contribution in [-0.2, 0) is 6.42 Å². The lowest BCUT2D eigenvalue weighted by Gasteiger charge is -2.08. The Morgan fingerprint density at radius 2 is 2.13 bits per heavy atom. The van der Waals surface area contributed by atoms with Gasteiger partial charge < -0.3 is 10.3 Å². The third-order valence-corrected chi connectivity index (χ3v) is 3.46. The number of anilines is 1. The first-order chi connectivity index (χ1) is 10.6. The fourth-order valence-corrected chi connectivity index (χ4v) is 2.39. The Balaban J connectivity index is 0.00000192. The average molecular weight is 336 g/mol. The number of aromatic amines is 2. The Kier molecular flexibility index (Phi) is 5.23. The average Bonchev–Trinajstić information content (AvgIpc) is 2.87. The molecule has 0 amide bonds. The molecule has 0 aliphatic carbocycles. The number of halogens is 1. The summed E-state index contributed by atoms with van der Waals surface area (Å²) in [6.45, 7) is 2.68. The lowest BCUT2D eigenvalue weighted by atomic mass is 10.1. The zero-order chi connectivity index (χ0) is 15.5. The van der Waals surface area contributed by atoms with Crippen molar-refractivity contribution in [1.82, 2.24) is 19.6 Å². The first-order valence-electron chi connectivity index (χ1n) is 7.12. The van der Waals surface area contributed by atoms with E-state index in [2.05, 4.69) is 20.5 Å². The molecule has 3 heterocycles. The summed E-state index contributed by atoms with van der Waals surface area (Å²) in [5, 5.41) is 9.79. The zero-order valence-electron chi connectivity index (χ0n) is 12.6. The van der Waals surface area contributed by atoms with E-state index in [0.29, 0.717) is 5.65 Å². The van der Waals surface area contributed by atoms with Crippen molar-refractivity contribution in [3.8, 4) is 0 Å². The second-order valence-corrected chi connectivity index (χ2v) is 5.25. The van der Waals surface area contributed by atoms with Crippen molar-refractivity contribution < 1.29 is 0 Å². The van der Waals surface area contributed by atoms with Gasteiger partial charge in [0, 0.05) is 25.0 Å². The van der Waals surface area contributed by atoms with Crippen molar-refractivity contribution in [3.63, 3.8) is 0 Å². The first-order valence-corrected chi connectivity index (χ1v) is 7.12. The topological polar surface area (TPSA) is 95.0 Å². The molecule has 3 rings (SSSR count). The van der Waals surface area contributed by atoms with Gasteiger partial charge in [0.05, 0.1) is 5.69 Å². The molecule has 3 aromatic heterocycles. The molecule has 8 heteroatoms. The number of aryl methyl sites for hydroxylation is 2. The van der Waals surface area contributed by atoms with Gasteiger partial charge in [0.15, 0.2) is 5.65 Å². The fraction of sp³-hybridized carbons (Fsp3) is 0.267. The molecular weight excluding hydrogens is 318 g/mol. The predicted molar refractivity (Wildman–Crippen MR) is 91.7 cm³/mol. The highest BCUT2D eigenvalue weighted by molar-refractivity contribution is 5.85. The molecule has 0 bridgehead atoms. The number of fused-ring (bicyclic) bond motifs is 1. The van der Waals surface area contributed by atoms with E-state index in [1.54, 1.807) is 12.4 Å². The zero-order valence-corrected chi connectivity index (χ0v) is 13.4. The van der Waals surface area contributed by atoms with Crippen molar-refractivity contribution >= 4 is 23.7 Å². The molecule has 3 N–H and O–H groups in total. The van der Waals surface area contributed by atoms with Gasteiger partial charge in [0.25, 0.3) is 0 Å². The molecular formula is C15H18ClN5O2. The Morgan fingerprint density at radius 1 is 1.30 bits per heavy atom. The van der Waals surface area contributed by atoms with Crippen LogP contribution in [0, 0.1) is 6.92 Å². The molecule has 7 nitrogen and oxygen atoms in total. The summed E-state index contributed by atoms with van der Waals surface area (Å²) in [7, 11) is 0. The van der Waals surface area contributed by atoms with Crippen LogP contribution in [0.3, 0.4) is 0 Å². The monoisotopic (exact) mass is 335 g/mol. The van der Waals surface area contributed by atoms with Crippen LogP contribution in [0.5, 0.6) is 0 Å². The molecule has 0 radical (unpaired) electrons. The Bertz CT molecular complexity index is 892. The SMILES string of the molecule is Cc1cc(NCCCc2ccc(=O)[nH]c2)c2n[nH]c(=O)n2c1.Cl. The van der Waals surface area contributed by atoms with E-state index in [9.17, 15) is 9.59 Å². The number of aromatic nitrogens is 4. The van der Waals surface area contributed by atoms with Gasteiger partial charge in [0.2, 0.25) is 5.56 Å². The van der Waals surface area contributed by atoms with Crippen LogP contribution in [0.15, 0.2) is 40.2 Å². The van der Waals surface area contributed by atoms with Gasteiger partial charge in [-0.3, -0.25) is 4.79 Å². The van der Waals surface area contributed by atoms with E-state index >= 15 is 0 Å². The van der Waals surface area contributed by atoms with Crippen molar-refractivity contribution in [2.75, 3.05) is 11.9 Å². The highest BCUT2D eigenvalue weighted by Gasteiger charge is 2.06. The number of pyridine rings is 2. The molecule has 0 aromatic carbocycles. The maximum absolute atomic E-state index is 11.6. The van der Waals surface area contributed by atoms with Crippen LogP contribution in [0.2, 0.25) is 0 Å². The molecule has 23 heavy (non-hydrogen) atoms. The summed E-state index contributed by atoms with van der Waals surface area (Å²) >= 11 is 0. The van der Waals surface area contributed by atoms with Crippen LogP contribution >= 0.6 is 12.4 Å². The molecule has 3 aromatic rings. The van der Waals surface area contributed by atoms with E-state index in [0.717, 1.165) is 36.2 Å². The molecule has 122 valence electrons. The van der Waals surface area contributed by atoms with Gasteiger partial charge >= 0.3 is 5.69 Å². The minimum Gasteiger partial charge on any atom is -0.382 e. The van der Waals surface area contributed by atoms with E-state index in [4.69, 9.17) is 0 Å². The quantitative estimate of drug-likeness (QED) is 0.615. The van der Waals surface area contributed by atoms with Crippen LogP contribution in [-0.4, -0.2) is 26.1 Å². The minimum absolute atomic E-state index is 0. The Labute approximate surface area is 138 Å². The molecule has 0 aliphatic rings. The summed E-state index contributed by atoms with van der Waals surface area (Å²) in [6.07, 6.45) is 5.26. The third kappa shape index (κ3) is 3.81. The predicted octanol–water partition coefficient (Wildman–Crippen LogP) is 1.49. The second kappa shape index (κ2) is 7.15. The van der Waals surface area contributed by atoms with Crippen molar-refractivity contribution in [3.05, 3.63) is 62.6 Å². The second-order valence-electron chi connectivity index (χ2n) is 5.25. The number of rotatable bonds is 5. The Morgan fingerprint density at radius 3 is 2.87 bits per heavy atom. The molecule has 0 spiro atoms. The van der Waals surface area contributed by atoms with Crippen LogP contribution in [0.25, 0.3) is 5.65 Å². The number of hydrogen-bond acceptors (Lipinski definition) is 4. The van der Waals surface area contributed by atoms with Gasteiger partial charge in [-0.1, -0.05) is 6.07 Å². The summed E-state index contributed by atoms with van der Waals surface area (Å²) in [5.41, 5.74) is 3.17.